The van der Waals surface area contributed by atoms with E-state index in [-0.39, 0.29) is 55.2 Å². The lowest BCUT2D eigenvalue weighted by Gasteiger charge is -2.39. The highest BCUT2D eigenvalue weighted by atomic mass is 19.1. The summed E-state index contributed by atoms with van der Waals surface area (Å²) in [6, 6.07) is 3.29. The lowest BCUT2D eigenvalue weighted by Crippen LogP contribution is -2.59. The van der Waals surface area contributed by atoms with E-state index in [1.165, 1.54) is 32.2 Å². The average Bonchev–Trinajstić information content (AvgIpc) is 3.25. The third-order valence-corrected chi connectivity index (χ3v) is 7.94. The van der Waals surface area contributed by atoms with Crippen molar-refractivity contribution in [3.05, 3.63) is 35.3 Å². The lowest BCUT2D eigenvalue weighted by atomic mass is 9.83. The summed E-state index contributed by atoms with van der Waals surface area (Å²) in [4.78, 5) is 66.7. The van der Waals surface area contributed by atoms with E-state index < -0.39 is 30.0 Å². The smallest absolute Gasteiger partial charge is 0.407 e. The second kappa shape index (κ2) is 12.5. The first-order valence-corrected chi connectivity index (χ1v) is 13.7. The van der Waals surface area contributed by atoms with Crippen LogP contribution < -0.4 is 10.6 Å². The van der Waals surface area contributed by atoms with Gasteiger partial charge in [-0.1, -0.05) is 19.3 Å². The Hall–Kier alpha value is -3.96. The largest absolute Gasteiger partial charge is 0.436 e. The zero-order valence-electron chi connectivity index (χ0n) is 23.1. The van der Waals surface area contributed by atoms with E-state index in [0.29, 0.717) is 17.2 Å². The van der Waals surface area contributed by atoms with Crippen molar-refractivity contribution in [3.63, 3.8) is 0 Å². The van der Waals surface area contributed by atoms with Crippen molar-refractivity contribution in [1.29, 1.82) is 0 Å². The minimum Gasteiger partial charge on any atom is -0.436 e. The van der Waals surface area contributed by atoms with Crippen molar-refractivity contribution in [2.75, 3.05) is 33.2 Å². The molecule has 1 aliphatic heterocycles. The molecule has 1 saturated carbocycles. The molecule has 216 valence electrons. The van der Waals surface area contributed by atoms with Gasteiger partial charge < -0.3 is 29.7 Å². The molecule has 2 unspecified atom stereocenters. The summed E-state index contributed by atoms with van der Waals surface area (Å²) in [5, 5.41) is 5.50. The SMILES string of the molecule is CNC(=O)OC(C)C(=O)NC(C(=O)N1CCN(C(=O)c2c(C=O)c3cc(F)ccc3n2C)CC1)C1CCCCC1. The van der Waals surface area contributed by atoms with E-state index in [9.17, 15) is 28.4 Å². The van der Waals surface area contributed by atoms with E-state index in [4.69, 9.17) is 4.74 Å². The van der Waals surface area contributed by atoms with Gasteiger partial charge in [-0.05, 0) is 43.9 Å². The molecule has 0 bridgehead atoms. The summed E-state index contributed by atoms with van der Waals surface area (Å²) < 4.78 is 20.5. The summed E-state index contributed by atoms with van der Waals surface area (Å²) in [6.45, 7) is 2.43. The molecule has 40 heavy (non-hydrogen) atoms. The number of nitrogens with one attached hydrogen (secondary N) is 2. The Morgan fingerprint density at radius 3 is 2.33 bits per heavy atom. The molecular weight excluding hydrogens is 521 g/mol. The molecule has 12 heteroatoms. The predicted molar refractivity (Wildman–Crippen MR) is 144 cm³/mol. The minimum atomic E-state index is -1.07. The van der Waals surface area contributed by atoms with E-state index in [0.717, 1.165) is 32.1 Å². The van der Waals surface area contributed by atoms with Gasteiger partial charge in [0.1, 0.15) is 17.6 Å². The highest BCUT2D eigenvalue weighted by molar-refractivity contribution is 6.10. The van der Waals surface area contributed by atoms with Crippen molar-refractivity contribution in [2.45, 2.75) is 51.2 Å². The number of hydrogen-bond acceptors (Lipinski definition) is 6. The molecule has 4 rings (SSSR count). The van der Waals surface area contributed by atoms with Crippen molar-refractivity contribution in [2.24, 2.45) is 13.0 Å². The van der Waals surface area contributed by atoms with Crippen LogP contribution in [0.2, 0.25) is 0 Å². The number of fused-ring (bicyclic) bond motifs is 1. The molecule has 0 spiro atoms. The van der Waals surface area contributed by atoms with Gasteiger partial charge >= 0.3 is 6.09 Å². The van der Waals surface area contributed by atoms with E-state index >= 15 is 0 Å². The molecule has 1 saturated heterocycles. The number of hydrogen-bond donors (Lipinski definition) is 2. The number of rotatable bonds is 7. The van der Waals surface area contributed by atoms with Gasteiger partial charge in [-0.3, -0.25) is 19.2 Å². The molecule has 2 N–H and O–H groups in total. The number of carbonyl (C=O) groups excluding carboxylic acids is 5. The monoisotopic (exact) mass is 557 g/mol. The molecule has 4 amide bonds. The van der Waals surface area contributed by atoms with Crippen molar-refractivity contribution >= 4 is 41.0 Å². The second-order valence-corrected chi connectivity index (χ2v) is 10.4. The van der Waals surface area contributed by atoms with Crippen LogP contribution in [0.15, 0.2) is 18.2 Å². The van der Waals surface area contributed by atoms with E-state index in [2.05, 4.69) is 10.6 Å². The maximum absolute atomic E-state index is 13.9. The molecule has 2 aromatic rings. The van der Waals surface area contributed by atoms with Crippen LogP contribution in [0.4, 0.5) is 9.18 Å². The molecule has 1 aromatic heterocycles. The van der Waals surface area contributed by atoms with Crippen molar-refractivity contribution in [3.8, 4) is 0 Å². The first-order chi connectivity index (χ1) is 19.2. The molecule has 2 heterocycles. The van der Waals surface area contributed by atoms with Gasteiger partial charge in [0, 0.05) is 51.2 Å². The van der Waals surface area contributed by atoms with Crippen LogP contribution in [-0.2, 0) is 21.4 Å². The van der Waals surface area contributed by atoms with Crippen LogP contribution in [0.3, 0.4) is 0 Å². The summed E-state index contributed by atoms with van der Waals surface area (Å²) >= 11 is 0. The molecule has 2 fully saturated rings. The number of ether oxygens (including phenoxy) is 1. The highest BCUT2D eigenvalue weighted by Crippen LogP contribution is 2.29. The molecule has 0 radical (unpaired) electrons. The van der Waals surface area contributed by atoms with Gasteiger partial charge in [0.2, 0.25) is 5.91 Å². The fourth-order valence-electron chi connectivity index (χ4n) is 5.69. The Balaban J connectivity index is 1.46. The van der Waals surface area contributed by atoms with E-state index in [1.807, 2.05) is 0 Å². The summed E-state index contributed by atoms with van der Waals surface area (Å²) in [5.41, 5.74) is 0.878. The van der Waals surface area contributed by atoms with Gasteiger partial charge in [0.15, 0.2) is 12.4 Å². The first-order valence-electron chi connectivity index (χ1n) is 13.7. The standard InChI is InChI=1S/C28H36FN5O6/c1-17(40-28(39)30-2)25(36)31-23(18-7-5-4-6-8-18)26(37)33-11-13-34(14-12-33)27(38)24-21(16-35)20-15-19(29)9-10-22(20)32(24)3/h9-10,15-18,23H,4-8,11-14H2,1-3H3,(H,30,39)(H,31,36). The Morgan fingerprint density at radius 2 is 1.70 bits per heavy atom. The highest BCUT2D eigenvalue weighted by Gasteiger charge is 2.37. The van der Waals surface area contributed by atoms with Crippen LogP contribution in [0.25, 0.3) is 10.9 Å². The van der Waals surface area contributed by atoms with Crippen LogP contribution in [-0.4, -0.2) is 89.8 Å². The van der Waals surface area contributed by atoms with Gasteiger partial charge in [-0.15, -0.1) is 0 Å². The quantitative estimate of drug-likeness (QED) is 0.502. The normalized spacial score (nSPS) is 17.7. The molecule has 2 atom stereocenters. The van der Waals surface area contributed by atoms with Gasteiger partial charge in [-0.2, -0.15) is 0 Å². The number of aromatic nitrogens is 1. The zero-order valence-corrected chi connectivity index (χ0v) is 23.1. The first kappa shape index (κ1) is 29.0. The van der Waals surface area contributed by atoms with Crippen molar-refractivity contribution < 1.29 is 33.1 Å². The lowest BCUT2D eigenvalue weighted by molar-refractivity contribution is -0.141. The number of amides is 4. The Bertz CT molecular complexity index is 1300. The maximum atomic E-state index is 13.9. The summed E-state index contributed by atoms with van der Waals surface area (Å²) in [5.74, 6) is -1.68. The number of nitrogens with zero attached hydrogens (tertiary/aromatic N) is 3. The Kier molecular flexibility index (Phi) is 9.06. The minimum absolute atomic E-state index is 0.0385. The van der Waals surface area contributed by atoms with E-state index in [1.54, 1.807) is 21.4 Å². The maximum Gasteiger partial charge on any atom is 0.407 e. The number of benzene rings is 1. The van der Waals surface area contributed by atoms with Gasteiger partial charge in [-0.25, -0.2) is 9.18 Å². The zero-order chi connectivity index (χ0) is 29.0. The van der Waals surface area contributed by atoms with Gasteiger partial charge in [0.05, 0.1) is 5.56 Å². The summed E-state index contributed by atoms with van der Waals surface area (Å²) in [6.07, 6.45) is 3.36. The number of piperazine rings is 1. The fourth-order valence-corrected chi connectivity index (χ4v) is 5.69. The number of alkyl carbamates (subject to hydrolysis) is 1. The van der Waals surface area contributed by atoms with Crippen LogP contribution in [0, 0.1) is 11.7 Å². The van der Waals surface area contributed by atoms with Gasteiger partial charge in [0.25, 0.3) is 11.8 Å². The second-order valence-electron chi connectivity index (χ2n) is 10.4. The summed E-state index contributed by atoms with van der Waals surface area (Å²) in [7, 11) is 3.05. The molecular formula is C28H36FN5O6. The average molecular weight is 558 g/mol. The third kappa shape index (κ3) is 5.95. The number of halogens is 1. The number of aryl methyl sites for hydroxylation is 1. The Labute approximate surface area is 232 Å². The molecule has 11 nitrogen and oxygen atoms in total. The third-order valence-electron chi connectivity index (χ3n) is 7.94. The molecule has 2 aliphatic rings. The van der Waals surface area contributed by atoms with Crippen molar-refractivity contribution in [1.82, 2.24) is 25.0 Å². The fraction of sp³-hybridized carbons (Fsp3) is 0.536. The van der Waals surface area contributed by atoms with Crippen LogP contribution >= 0.6 is 0 Å². The predicted octanol–water partition coefficient (Wildman–Crippen LogP) is 2.22. The van der Waals surface area contributed by atoms with Crippen LogP contribution in [0.5, 0.6) is 0 Å². The number of carbonyl (C=O) groups is 5. The molecule has 1 aliphatic carbocycles. The van der Waals surface area contributed by atoms with Crippen LogP contribution in [0.1, 0.15) is 59.9 Å². The number of aldehydes is 1. The molecule has 1 aromatic carbocycles. The topological polar surface area (TPSA) is 130 Å². The Morgan fingerprint density at radius 1 is 1.05 bits per heavy atom.